The van der Waals surface area contributed by atoms with Crippen LogP contribution < -0.4 is 10.6 Å². The molecule has 19 heavy (non-hydrogen) atoms. The molecule has 1 saturated heterocycles. The van der Waals surface area contributed by atoms with Gasteiger partial charge in [0.1, 0.15) is 0 Å². The SMILES string of the molecule is Cl.Cl.O=C(Cc1ccn[nH]1)NCCC1CCCNC1. The summed E-state index contributed by atoms with van der Waals surface area (Å²) in [6, 6.07) is 1.82. The van der Waals surface area contributed by atoms with Crippen LogP contribution >= 0.6 is 24.8 Å². The van der Waals surface area contributed by atoms with Gasteiger partial charge in [-0.2, -0.15) is 5.10 Å². The van der Waals surface area contributed by atoms with Gasteiger partial charge >= 0.3 is 0 Å². The molecule has 1 aliphatic heterocycles. The molecule has 0 spiro atoms. The van der Waals surface area contributed by atoms with Crippen molar-refractivity contribution in [1.82, 2.24) is 20.8 Å². The van der Waals surface area contributed by atoms with Crippen LogP contribution in [-0.2, 0) is 11.2 Å². The second-order valence-corrected chi connectivity index (χ2v) is 4.61. The van der Waals surface area contributed by atoms with E-state index in [1.807, 2.05) is 6.07 Å². The number of aromatic amines is 1. The molecule has 7 heteroatoms. The summed E-state index contributed by atoms with van der Waals surface area (Å²) in [5, 5.41) is 12.9. The number of nitrogens with one attached hydrogen (secondary N) is 3. The van der Waals surface area contributed by atoms with Crippen LogP contribution in [0, 0.1) is 5.92 Å². The highest BCUT2D eigenvalue weighted by atomic mass is 35.5. The molecule has 1 aliphatic rings. The van der Waals surface area contributed by atoms with Crippen LogP contribution in [0.5, 0.6) is 0 Å². The van der Waals surface area contributed by atoms with E-state index in [9.17, 15) is 4.79 Å². The monoisotopic (exact) mass is 308 g/mol. The molecule has 3 N–H and O–H groups in total. The van der Waals surface area contributed by atoms with Gasteiger partial charge in [-0.3, -0.25) is 9.89 Å². The molecule has 1 fully saturated rings. The third-order valence-electron chi connectivity index (χ3n) is 3.18. The van der Waals surface area contributed by atoms with Gasteiger partial charge in [-0.15, -0.1) is 24.8 Å². The van der Waals surface area contributed by atoms with Gasteiger partial charge in [0.2, 0.25) is 5.91 Å². The Balaban J connectivity index is 0.00000162. The van der Waals surface area contributed by atoms with E-state index in [2.05, 4.69) is 20.8 Å². The number of hydrogen-bond donors (Lipinski definition) is 3. The van der Waals surface area contributed by atoms with Crippen LogP contribution in [0.15, 0.2) is 12.3 Å². The molecule has 1 amide bonds. The molecule has 1 unspecified atom stereocenters. The number of nitrogens with zero attached hydrogens (tertiary/aromatic N) is 1. The zero-order chi connectivity index (χ0) is 11.9. The van der Waals surface area contributed by atoms with Crippen LogP contribution in [0.1, 0.15) is 25.0 Å². The molecule has 0 aromatic carbocycles. The zero-order valence-electron chi connectivity index (χ0n) is 10.9. The maximum absolute atomic E-state index is 11.6. The zero-order valence-corrected chi connectivity index (χ0v) is 12.5. The lowest BCUT2D eigenvalue weighted by atomic mass is 9.96. The number of hydrogen-bond acceptors (Lipinski definition) is 3. The van der Waals surface area contributed by atoms with Crippen molar-refractivity contribution in [2.75, 3.05) is 19.6 Å². The first-order valence-corrected chi connectivity index (χ1v) is 6.30. The number of halogens is 2. The van der Waals surface area contributed by atoms with Gasteiger partial charge < -0.3 is 10.6 Å². The maximum Gasteiger partial charge on any atom is 0.225 e. The predicted molar refractivity (Wildman–Crippen MR) is 80.0 cm³/mol. The van der Waals surface area contributed by atoms with Crippen molar-refractivity contribution in [3.8, 4) is 0 Å². The standard InChI is InChI=1S/C12H20N4O.2ClH/c17-12(8-11-4-7-15-16-11)14-6-3-10-2-1-5-13-9-10;;/h4,7,10,13H,1-3,5-6,8-9H2,(H,14,17)(H,15,16);2*1H. The fourth-order valence-corrected chi connectivity index (χ4v) is 2.20. The summed E-state index contributed by atoms with van der Waals surface area (Å²) in [6.45, 7) is 3.01. The molecule has 0 aliphatic carbocycles. The maximum atomic E-state index is 11.6. The Morgan fingerprint density at radius 2 is 2.32 bits per heavy atom. The number of H-pyrrole nitrogens is 1. The number of aromatic nitrogens is 2. The number of rotatable bonds is 5. The Hall–Kier alpha value is -0.780. The summed E-state index contributed by atoms with van der Waals surface area (Å²) in [5.74, 6) is 0.786. The summed E-state index contributed by atoms with van der Waals surface area (Å²) >= 11 is 0. The average molecular weight is 309 g/mol. The van der Waals surface area contributed by atoms with Crippen LogP contribution in [0.4, 0.5) is 0 Å². The van der Waals surface area contributed by atoms with Crippen molar-refractivity contribution in [2.45, 2.75) is 25.7 Å². The van der Waals surface area contributed by atoms with Crippen molar-refractivity contribution in [3.63, 3.8) is 0 Å². The highest BCUT2D eigenvalue weighted by Gasteiger charge is 2.12. The van der Waals surface area contributed by atoms with Crippen molar-refractivity contribution >= 4 is 30.7 Å². The Morgan fingerprint density at radius 1 is 1.47 bits per heavy atom. The molecular formula is C12H22Cl2N4O. The smallest absolute Gasteiger partial charge is 0.225 e. The highest BCUT2D eigenvalue weighted by Crippen LogP contribution is 2.12. The molecule has 1 aromatic heterocycles. The van der Waals surface area contributed by atoms with E-state index in [4.69, 9.17) is 0 Å². The summed E-state index contributed by atoms with van der Waals surface area (Å²) < 4.78 is 0. The van der Waals surface area contributed by atoms with Crippen molar-refractivity contribution in [2.24, 2.45) is 5.92 Å². The molecule has 0 radical (unpaired) electrons. The van der Waals surface area contributed by atoms with E-state index < -0.39 is 0 Å². The summed E-state index contributed by atoms with van der Waals surface area (Å²) in [5.41, 5.74) is 0.863. The van der Waals surface area contributed by atoms with E-state index in [0.29, 0.717) is 6.42 Å². The van der Waals surface area contributed by atoms with Crippen molar-refractivity contribution in [3.05, 3.63) is 18.0 Å². The first-order chi connectivity index (χ1) is 8.34. The number of carbonyl (C=O) groups excluding carboxylic acids is 1. The minimum Gasteiger partial charge on any atom is -0.356 e. The Bertz CT molecular complexity index is 340. The first kappa shape index (κ1) is 18.2. The van der Waals surface area contributed by atoms with Crippen LogP contribution in [-0.4, -0.2) is 35.7 Å². The van der Waals surface area contributed by atoms with Crippen molar-refractivity contribution < 1.29 is 4.79 Å². The Morgan fingerprint density at radius 3 is 2.95 bits per heavy atom. The average Bonchev–Trinajstić information content (AvgIpc) is 2.83. The lowest BCUT2D eigenvalue weighted by molar-refractivity contribution is -0.120. The largest absolute Gasteiger partial charge is 0.356 e. The number of piperidine rings is 1. The lowest BCUT2D eigenvalue weighted by Gasteiger charge is -2.22. The van der Waals surface area contributed by atoms with E-state index in [-0.39, 0.29) is 30.7 Å². The summed E-state index contributed by atoms with van der Waals surface area (Å²) in [7, 11) is 0. The van der Waals surface area contributed by atoms with Gasteiger partial charge in [-0.05, 0) is 44.3 Å². The molecule has 2 heterocycles. The van der Waals surface area contributed by atoms with Gasteiger partial charge in [-0.25, -0.2) is 0 Å². The number of carbonyl (C=O) groups is 1. The molecule has 0 saturated carbocycles. The topological polar surface area (TPSA) is 69.8 Å². The van der Waals surface area contributed by atoms with E-state index in [0.717, 1.165) is 37.7 Å². The van der Waals surface area contributed by atoms with Crippen molar-refractivity contribution in [1.29, 1.82) is 0 Å². The van der Waals surface area contributed by atoms with E-state index in [1.54, 1.807) is 6.20 Å². The molecular weight excluding hydrogens is 287 g/mol. The third kappa shape index (κ3) is 6.80. The lowest BCUT2D eigenvalue weighted by Crippen LogP contribution is -2.33. The van der Waals surface area contributed by atoms with Gasteiger partial charge in [-0.1, -0.05) is 0 Å². The molecule has 1 atom stereocenters. The van der Waals surface area contributed by atoms with E-state index >= 15 is 0 Å². The second-order valence-electron chi connectivity index (χ2n) is 4.61. The summed E-state index contributed by atoms with van der Waals surface area (Å²) in [6.07, 6.45) is 5.66. The quantitative estimate of drug-likeness (QED) is 0.768. The van der Waals surface area contributed by atoms with E-state index in [1.165, 1.54) is 12.8 Å². The minimum atomic E-state index is 0. The predicted octanol–water partition coefficient (Wildman–Crippen LogP) is 1.30. The molecule has 5 nitrogen and oxygen atoms in total. The van der Waals surface area contributed by atoms with Crippen LogP contribution in [0.2, 0.25) is 0 Å². The van der Waals surface area contributed by atoms with Gasteiger partial charge in [0.25, 0.3) is 0 Å². The van der Waals surface area contributed by atoms with Crippen LogP contribution in [0.3, 0.4) is 0 Å². The second kappa shape index (κ2) is 10.1. The first-order valence-electron chi connectivity index (χ1n) is 6.30. The summed E-state index contributed by atoms with van der Waals surface area (Å²) in [4.78, 5) is 11.6. The van der Waals surface area contributed by atoms with Crippen LogP contribution in [0.25, 0.3) is 0 Å². The van der Waals surface area contributed by atoms with Gasteiger partial charge in [0.05, 0.1) is 6.42 Å². The molecule has 0 bridgehead atoms. The highest BCUT2D eigenvalue weighted by molar-refractivity contribution is 5.85. The Kier molecular flexibility index (Phi) is 9.65. The fourth-order valence-electron chi connectivity index (χ4n) is 2.20. The molecule has 2 rings (SSSR count). The fraction of sp³-hybridized carbons (Fsp3) is 0.667. The van der Waals surface area contributed by atoms with Gasteiger partial charge in [0.15, 0.2) is 0 Å². The molecule has 1 aromatic rings. The third-order valence-corrected chi connectivity index (χ3v) is 3.18. The minimum absolute atomic E-state index is 0. The van der Waals surface area contributed by atoms with Gasteiger partial charge in [0, 0.05) is 18.4 Å². The number of amides is 1. The normalized spacial score (nSPS) is 18.0. The molecule has 110 valence electrons. The Labute approximate surface area is 126 Å².